The second kappa shape index (κ2) is 6.32. The highest BCUT2D eigenvalue weighted by molar-refractivity contribution is 4.68. The maximum atomic E-state index is 9.31. The van der Waals surface area contributed by atoms with Gasteiger partial charge in [-0.25, -0.2) is 0 Å². The SMILES string of the molecule is COCC(O)COC1CCNCC1. The van der Waals surface area contributed by atoms with Gasteiger partial charge in [-0.2, -0.15) is 0 Å². The lowest BCUT2D eigenvalue weighted by Gasteiger charge is -2.24. The minimum atomic E-state index is -0.486. The Kier molecular flexibility index (Phi) is 5.31. The van der Waals surface area contributed by atoms with E-state index in [0.717, 1.165) is 25.9 Å². The molecular formula is C9H19NO3. The summed E-state index contributed by atoms with van der Waals surface area (Å²) in [7, 11) is 1.58. The van der Waals surface area contributed by atoms with E-state index < -0.39 is 6.10 Å². The summed E-state index contributed by atoms with van der Waals surface area (Å²) in [5.41, 5.74) is 0. The first kappa shape index (κ1) is 10.9. The molecule has 2 N–H and O–H groups in total. The first-order valence-corrected chi connectivity index (χ1v) is 4.82. The summed E-state index contributed by atoms with van der Waals surface area (Å²) in [6.07, 6.45) is 1.91. The normalized spacial score (nSPS) is 21.7. The van der Waals surface area contributed by atoms with E-state index in [0.29, 0.717) is 19.3 Å². The molecule has 1 rings (SSSR count). The molecule has 4 nitrogen and oxygen atoms in total. The molecule has 78 valence electrons. The average Bonchev–Trinajstić information content (AvgIpc) is 2.17. The van der Waals surface area contributed by atoms with Gasteiger partial charge in [-0.05, 0) is 25.9 Å². The van der Waals surface area contributed by atoms with Crippen LogP contribution >= 0.6 is 0 Å². The van der Waals surface area contributed by atoms with Gasteiger partial charge in [-0.1, -0.05) is 0 Å². The third-order valence-corrected chi connectivity index (χ3v) is 2.17. The van der Waals surface area contributed by atoms with Crippen molar-refractivity contribution < 1.29 is 14.6 Å². The van der Waals surface area contributed by atoms with Crippen molar-refractivity contribution in [2.24, 2.45) is 0 Å². The Balaban J connectivity index is 2.03. The summed E-state index contributed by atoms with van der Waals surface area (Å²) >= 11 is 0. The van der Waals surface area contributed by atoms with Crippen molar-refractivity contribution in [1.82, 2.24) is 5.32 Å². The van der Waals surface area contributed by atoms with Crippen LogP contribution in [0.1, 0.15) is 12.8 Å². The zero-order valence-electron chi connectivity index (χ0n) is 8.16. The molecule has 0 amide bonds. The Morgan fingerprint density at radius 2 is 2.08 bits per heavy atom. The molecule has 0 saturated carbocycles. The van der Waals surface area contributed by atoms with Gasteiger partial charge in [-0.3, -0.25) is 0 Å². The van der Waals surface area contributed by atoms with Crippen LogP contribution in [0.3, 0.4) is 0 Å². The Morgan fingerprint density at radius 1 is 1.38 bits per heavy atom. The minimum Gasteiger partial charge on any atom is -0.388 e. The number of methoxy groups -OCH3 is 1. The molecule has 0 radical (unpaired) electrons. The van der Waals surface area contributed by atoms with Gasteiger partial charge in [0.15, 0.2) is 0 Å². The van der Waals surface area contributed by atoms with E-state index in [9.17, 15) is 5.11 Å². The predicted octanol–water partition coefficient (Wildman–Crippen LogP) is -0.238. The molecule has 4 heteroatoms. The van der Waals surface area contributed by atoms with E-state index in [1.807, 2.05) is 0 Å². The zero-order valence-corrected chi connectivity index (χ0v) is 8.16. The van der Waals surface area contributed by atoms with Crippen molar-refractivity contribution in [3.05, 3.63) is 0 Å². The first-order chi connectivity index (χ1) is 6.33. The van der Waals surface area contributed by atoms with Crippen LogP contribution in [0, 0.1) is 0 Å². The summed E-state index contributed by atoms with van der Waals surface area (Å²) in [5, 5.41) is 12.6. The van der Waals surface area contributed by atoms with Gasteiger partial charge in [-0.15, -0.1) is 0 Å². The molecule has 0 aromatic rings. The zero-order chi connectivity index (χ0) is 9.52. The highest BCUT2D eigenvalue weighted by Gasteiger charge is 2.14. The van der Waals surface area contributed by atoms with Gasteiger partial charge in [0, 0.05) is 7.11 Å². The largest absolute Gasteiger partial charge is 0.388 e. The van der Waals surface area contributed by atoms with E-state index >= 15 is 0 Å². The third kappa shape index (κ3) is 4.57. The average molecular weight is 189 g/mol. The van der Waals surface area contributed by atoms with E-state index in [-0.39, 0.29) is 0 Å². The number of nitrogens with one attached hydrogen (secondary N) is 1. The van der Waals surface area contributed by atoms with Crippen molar-refractivity contribution in [3.63, 3.8) is 0 Å². The fourth-order valence-corrected chi connectivity index (χ4v) is 1.45. The summed E-state index contributed by atoms with van der Waals surface area (Å²) in [6.45, 7) is 2.78. The fourth-order valence-electron chi connectivity index (χ4n) is 1.45. The first-order valence-electron chi connectivity index (χ1n) is 4.82. The highest BCUT2D eigenvalue weighted by Crippen LogP contribution is 2.07. The maximum absolute atomic E-state index is 9.31. The molecule has 1 saturated heterocycles. The molecule has 1 aliphatic rings. The molecule has 1 fully saturated rings. The minimum absolute atomic E-state index is 0.313. The number of hydrogen-bond donors (Lipinski definition) is 2. The van der Waals surface area contributed by atoms with Gasteiger partial charge in [0.1, 0.15) is 6.10 Å². The Labute approximate surface area is 79.2 Å². The lowest BCUT2D eigenvalue weighted by Crippen LogP contribution is -2.34. The van der Waals surface area contributed by atoms with Crippen molar-refractivity contribution >= 4 is 0 Å². The van der Waals surface area contributed by atoms with Crippen LogP contribution in [0.4, 0.5) is 0 Å². The fraction of sp³-hybridized carbons (Fsp3) is 1.00. The smallest absolute Gasteiger partial charge is 0.101 e. The third-order valence-electron chi connectivity index (χ3n) is 2.17. The van der Waals surface area contributed by atoms with E-state index in [1.165, 1.54) is 0 Å². The monoisotopic (exact) mass is 189 g/mol. The lowest BCUT2D eigenvalue weighted by atomic mass is 10.1. The van der Waals surface area contributed by atoms with Gasteiger partial charge in [0.2, 0.25) is 0 Å². The van der Waals surface area contributed by atoms with Crippen LogP contribution in [0.2, 0.25) is 0 Å². The quantitative estimate of drug-likeness (QED) is 0.627. The van der Waals surface area contributed by atoms with Crippen molar-refractivity contribution in [2.45, 2.75) is 25.0 Å². The number of hydrogen-bond acceptors (Lipinski definition) is 4. The number of aliphatic hydroxyl groups excluding tert-OH is 1. The molecule has 1 aliphatic heterocycles. The van der Waals surface area contributed by atoms with Gasteiger partial charge < -0.3 is 19.9 Å². The van der Waals surface area contributed by atoms with E-state index in [2.05, 4.69) is 5.32 Å². The topological polar surface area (TPSA) is 50.7 Å². The second-order valence-corrected chi connectivity index (χ2v) is 3.39. The van der Waals surface area contributed by atoms with Gasteiger partial charge >= 0.3 is 0 Å². The lowest BCUT2D eigenvalue weighted by molar-refractivity contribution is -0.0439. The number of piperidine rings is 1. The molecule has 0 bridgehead atoms. The molecule has 0 aliphatic carbocycles. The standard InChI is InChI=1S/C9H19NO3/c1-12-6-8(11)7-13-9-2-4-10-5-3-9/h8-11H,2-7H2,1H3. The maximum Gasteiger partial charge on any atom is 0.101 e. The number of rotatable bonds is 5. The van der Waals surface area contributed by atoms with Crippen molar-refractivity contribution in [3.8, 4) is 0 Å². The number of aliphatic hydroxyl groups is 1. The molecular weight excluding hydrogens is 170 g/mol. The van der Waals surface area contributed by atoms with Crippen molar-refractivity contribution in [2.75, 3.05) is 33.4 Å². The molecule has 0 aromatic carbocycles. The Bertz CT molecular complexity index is 126. The summed E-state index contributed by atoms with van der Waals surface area (Å²) in [4.78, 5) is 0. The summed E-state index contributed by atoms with van der Waals surface area (Å²) in [5.74, 6) is 0. The van der Waals surface area contributed by atoms with E-state index in [4.69, 9.17) is 9.47 Å². The van der Waals surface area contributed by atoms with Gasteiger partial charge in [0.25, 0.3) is 0 Å². The van der Waals surface area contributed by atoms with Crippen molar-refractivity contribution in [1.29, 1.82) is 0 Å². The molecule has 0 aromatic heterocycles. The van der Waals surface area contributed by atoms with Crippen LogP contribution in [-0.2, 0) is 9.47 Å². The van der Waals surface area contributed by atoms with Crippen LogP contribution in [-0.4, -0.2) is 50.7 Å². The molecule has 0 spiro atoms. The van der Waals surface area contributed by atoms with Crippen LogP contribution in [0.15, 0.2) is 0 Å². The molecule has 13 heavy (non-hydrogen) atoms. The van der Waals surface area contributed by atoms with Crippen LogP contribution < -0.4 is 5.32 Å². The Morgan fingerprint density at radius 3 is 2.69 bits per heavy atom. The van der Waals surface area contributed by atoms with Crippen LogP contribution in [0.25, 0.3) is 0 Å². The molecule has 1 heterocycles. The predicted molar refractivity (Wildman–Crippen MR) is 49.7 cm³/mol. The summed E-state index contributed by atoms with van der Waals surface area (Å²) < 4.78 is 10.3. The Hall–Kier alpha value is -0.160. The second-order valence-electron chi connectivity index (χ2n) is 3.39. The highest BCUT2D eigenvalue weighted by atomic mass is 16.5. The number of ether oxygens (including phenoxy) is 2. The molecule has 1 unspecified atom stereocenters. The van der Waals surface area contributed by atoms with Gasteiger partial charge in [0.05, 0.1) is 19.3 Å². The van der Waals surface area contributed by atoms with E-state index in [1.54, 1.807) is 7.11 Å². The summed E-state index contributed by atoms with van der Waals surface area (Å²) in [6, 6.07) is 0. The molecule has 1 atom stereocenters. The van der Waals surface area contributed by atoms with Crippen LogP contribution in [0.5, 0.6) is 0 Å².